The number of carbonyl (C=O) groups excluding carboxylic acids is 1. The van der Waals surface area contributed by atoms with Crippen LogP contribution in [0.15, 0.2) is 67.0 Å². The van der Waals surface area contributed by atoms with Crippen LogP contribution in [0.2, 0.25) is 0 Å². The van der Waals surface area contributed by atoms with Gasteiger partial charge in [0.2, 0.25) is 0 Å². The molecule has 0 N–H and O–H groups in total. The first-order chi connectivity index (χ1) is 15.7. The number of benzene rings is 2. The number of carbonyl (C=O) groups is 1. The van der Waals surface area contributed by atoms with E-state index in [9.17, 15) is 4.79 Å². The summed E-state index contributed by atoms with van der Waals surface area (Å²) in [6.07, 6.45) is 5.53. The lowest BCUT2D eigenvalue weighted by Gasteiger charge is -2.17. The molecule has 0 fully saturated rings. The molecule has 2 aromatic heterocycles. The highest BCUT2D eigenvalue weighted by Crippen LogP contribution is 2.38. The summed E-state index contributed by atoms with van der Waals surface area (Å²) in [5.41, 5.74) is 4.04. The van der Waals surface area contributed by atoms with Crippen LogP contribution in [-0.2, 0) is 12.8 Å². The molecule has 5 rings (SSSR count). The van der Waals surface area contributed by atoms with Gasteiger partial charge in [0.1, 0.15) is 16.1 Å². The van der Waals surface area contributed by atoms with Crippen LogP contribution < -0.4 is 9.47 Å². The van der Waals surface area contributed by atoms with Gasteiger partial charge in [-0.15, -0.1) is 10.2 Å². The summed E-state index contributed by atoms with van der Waals surface area (Å²) in [5, 5.41) is 9.82. The van der Waals surface area contributed by atoms with Crippen LogP contribution in [0.4, 0.5) is 0 Å². The first kappa shape index (κ1) is 20.3. The van der Waals surface area contributed by atoms with Crippen molar-refractivity contribution in [2.75, 3.05) is 7.11 Å². The Labute approximate surface area is 189 Å². The van der Waals surface area contributed by atoms with E-state index in [0.717, 1.165) is 23.4 Å². The molecule has 0 saturated heterocycles. The molecule has 1 atom stereocenters. The third kappa shape index (κ3) is 4.11. The summed E-state index contributed by atoms with van der Waals surface area (Å²) >= 11 is 1.41. The van der Waals surface area contributed by atoms with Crippen LogP contribution in [0.1, 0.15) is 39.0 Å². The van der Waals surface area contributed by atoms with E-state index in [1.165, 1.54) is 22.5 Å². The largest absolute Gasteiger partial charge is 0.493 e. The summed E-state index contributed by atoms with van der Waals surface area (Å²) in [4.78, 5) is 16.9. The number of ether oxygens (including phenoxy) is 2. The first-order valence-electron chi connectivity index (χ1n) is 10.4. The second-order valence-corrected chi connectivity index (χ2v) is 8.61. The van der Waals surface area contributed by atoms with E-state index in [2.05, 4.69) is 33.4 Å². The minimum Gasteiger partial charge on any atom is -0.493 e. The number of pyridine rings is 1. The summed E-state index contributed by atoms with van der Waals surface area (Å²) in [6.45, 7) is 0. The van der Waals surface area contributed by atoms with Gasteiger partial charge < -0.3 is 9.47 Å². The second kappa shape index (κ2) is 8.88. The van der Waals surface area contributed by atoms with E-state index in [1.54, 1.807) is 31.6 Å². The molecule has 2 aromatic carbocycles. The normalized spacial score (nSPS) is 14.7. The van der Waals surface area contributed by atoms with Crippen LogP contribution in [0.3, 0.4) is 0 Å². The molecule has 32 heavy (non-hydrogen) atoms. The Bertz CT molecular complexity index is 1260. The quantitative estimate of drug-likeness (QED) is 0.370. The molecule has 2 heterocycles. The number of rotatable bonds is 7. The summed E-state index contributed by atoms with van der Waals surface area (Å²) in [6, 6.07) is 17.4. The molecule has 1 aliphatic rings. The minimum absolute atomic E-state index is 0.00495. The van der Waals surface area contributed by atoms with E-state index in [-0.39, 0.29) is 18.3 Å². The van der Waals surface area contributed by atoms with Gasteiger partial charge in [-0.05, 0) is 54.3 Å². The van der Waals surface area contributed by atoms with Crippen LogP contribution in [0.5, 0.6) is 11.5 Å². The smallest absolute Gasteiger partial charge is 0.169 e. The average molecular weight is 444 g/mol. The number of aromatic nitrogens is 3. The minimum atomic E-state index is -0.0431. The molecule has 0 radical (unpaired) electrons. The van der Waals surface area contributed by atoms with Crippen molar-refractivity contribution in [2.24, 2.45) is 0 Å². The predicted molar refractivity (Wildman–Crippen MR) is 122 cm³/mol. The number of nitrogens with zero attached hydrogens (tertiary/aromatic N) is 3. The molecule has 0 bridgehead atoms. The van der Waals surface area contributed by atoms with Gasteiger partial charge in [0.15, 0.2) is 17.3 Å². The number of hydrogen-bond acceptors (Lipinski definition) is 7. The summed E-state index contributed by atoms with van der Waals surface area (Å²) in [7, 11) is 1.59. The van der Waals surface area contributed by atoms with Gasteiger partial charge in [-0.3, -0.25) is 9.78 Å². The Hall–Kier alpha value is -3.58. The highest BCUT2D eigenvalue weighted by atomic mass is 32.1. The number of hydrogen-bond donors (Lipinski definition) is 0. The zero-order valence-electron chi connectivity index (χ0n) is 17.5. The Balaban J connectivity index is 1.31. The molecule has 4 aromatic rings. The Kier molecular flexibility index (Phi) is 5.64. The Morgan fingerprint density at radius 3 is 2.75 bits per heavy atom. The second-order valence-electron chi connectivity index (χ2n) is 7.55. The van der Waals surface area contributed by atoms with Gasteiger partial charge in [0, 0.05) is 23.5 Å². The fraction of sp³-hybridized carbons (Fsp3) is 0.200. The van der Waals surface area contributed by atoms with Gasteiger partial charge >= 0.3 is 0 Å². The highest BCUT2D eigenvalue weighted by Gasteiger charge is 2.25. The monoisotopic (exact) mass is 443 g/mol. The molecule has 0 amide bonds. The van der Waals surface area contributed by atoms with Crippen LogP contribution in [0.25, 0.3) is 10.6 Å². The van der Waals surface area contributed by atoms with Crippen molar-refractivity contribution in [1.82, 2.24) is 15.2 Å². The molecule has 0 spiro atoms. The third-order valence-electron chi connectivity index (χ3n) is 5.54. The molecular formula is C25H21N3O3S. The first-order valence-corrected chi connectivity index (χ1v) is 11.2. The van der Waals surface area contributed by atoms with E-state index in [0.29, 0.717) is 22.1 Å². The topological polar surface area (TPSA) is 74.2 Å². The average Bonchev–Trinajstić information content (AvgIpc) is 3.47. The lowest BCUT2D eigenvalue weighted by Crippen LogP contribution is -2.07. The maximum absolute atomic E-state index is 12.9. The molecular weight excluding hydrogens is 422 g/mol. The van der Waals surface area contributed by atoms with Gasteiger partial charge in [0.05, 0.1) is 13.5 Å². The fourth-order valence-electron chi connectivity index (χ4n) is 3.91. The Morgan fingerprint density at radius 2 is 1.91 bits per heavy atom. The standard InChI is InChI=1S/C25H21N3O3S/c1-30-23-14-18(7-9-22(23)31-21-8-6-16-4-2-3-5-19(16)21)20(29)15-24-27-28-25(32-24)17-10-12-26-13-11-17/h2-5,7,9-14,21H,6,8,15H2,1H3/t21-/m1/s1. The van der Waals surface area contributed by atoms with Gasteiger partial charge in [-0.25, -0.2) is 0 Å². The fourth-order valence-corrected chi connectivity index (χ4v) is 4.75. The molecule has 6 nitrogen and oxygen atoms in total. The number of ketones is 1. The van der Waals surface area contributed by atoms with Crippen molar-refractivity contribution in [2.45, 2.75) is 25.4 Å². The van der Waals surface area contributed by atoms with Crippen molar-refractivity contribution in [3.05, 3.63) is 88.7 Å². The van der Waals surface area contributed by atoms with Gasteiger partial charge in [-0.1, -0.05) is 35.6 Å². The molecule has 7 heteroatoms. The number of aryl methyl sites for hydroxylation is 1. The third-order valence-corrected chi connectivity index (χ3v) is 6.51. The van der Waals surface area contributed by atoms with E-state index < -0.39 is 0 Å². The predicted octanol–water partition coefficient (Wildman–Crippen LogP) is 5.10. The van der Waals surface area contributed by atoms with Crippen LogP contribution in [-0.4, -0.2) is 28.1 Å². The number of methoxy groups -OCH3 is 1. The molecule has 1 aliphatic carbocycles. The lowest BCUT2D eigenvalue weighted by atomic mass is 10.1. The number of fused-ring (bicyclic) bond motifs is 1. The van der Waals surface area contributed by atoms with Crippen molar-refractivity contribution in [3.8, 4) is 22.1 Å². The zero-order chi connectivity index (χ0) is 21.9. The van der Waals surface area contributed by atoms with Crippen molar-refractivity contribution in [1.29, 1.82) is 0 Å². The van der Waals surface area contributed by atoms with E-state index in [1.807, 2.05) is 24.3 Å². The molecule has 0 aliphatic heterocycles. The highest BCUT2D eigenvalue weighted by molar-refractivity contribution is 7.14. The Morgan fingerprint density at radius 1 is 1.06 bits per heavy atom. The molecule has 0 saturated carbocycles. The van der Waals surface area contributed by atoms with E-state index in [4.69, 9.17) is 9.47 Å². The van der Waals surface area contributed by atoms with Crippen molar-refractivity contribution < 1.29 is 14.3 Å². The van der Waals surface area contributed by atoms with Crippen molar-refractivity contribution >= 4 is 17.1 Å². The number of Topliss-reactive ketones (excluding diaryl/α,β-unsaturated/α-hetero) is 1. The zero-order valence-corrected chi connectivity index (χ0v) is 18.3. The van der Waals surface area contributed by atoms with Gasteiger partial charge in [0.25, 0.3) is 0 Å². The SMILES string of the molecule is COc1cc(C(=O)Cc2nnc(-c3ccncc3)s2)ccc1O[C@@H]1CCc2ccccc21. The summed E-state index contributed by atoms with van der Waals surface area (Å²) < 4.78 is 11.8. The van der Waals surface area contributed by atoms with Gasteiger partial charge in [-0.2, -0.15) is 0 Å². The maximum Gasteiger partial charge on any atom is 0.169 e. The maximum atomic E-state index is 12.9. The summed E-state index contributed by atoms with van der Waals surface area (Å²) in [5.74, 6) is 1.15. The van der Waals surface area contributed by atoms with Crippen LogP contribution in [0, 0.1) is 0 Å². The van der Waals surface area contributed by atoms with Crippen molar-refractivity contribution in [3.63, 3.8) is 0 Å². The lowest BCUT2D eigenvalue weighted by molar-refractivity contribution is 0.0992. The van der Waals surface area contributed by atoms with Crippen LogP contribution >= 0.6 is 11.3 Å². The van der Waals surface area contributed by atoms with E-state index >= 15 is 0 Å². The molecule has 160 valence electrons. The molecule has 0 unspecified atom stereocenters.